The summed E-state index contributed by atoms with van der Waals surface area (Å²) in [6, 6.07) is 1.68. The Balaban J connectivity index is 1.56. The lowest BCUT2D eigenvalue weighted by Crippen LogP contribution is -2.64. The molecule has 0 bridgehead atoms. The van der Waals surface area contributed by atoms with Crippen molar-refractivity contribution in [1.29, 1.82) is 0 Å². The molecular weight excluding hydrogens is 334 g/mol. The molecule has 4 rings (SSSR count). The highest BCUT2D eigenvalue weighted by molar-refractivity contribution is 5.96. The molecule has 0 saturated carbocycles. The Morgan fingerprint density at radius 1 is 1.19 bits per heavy atom. The summed E-state index contributed by atoms with van der Waals surface area (Å²) in [5.41, 5.74) is 1.09. The molecule has 2 aromatic rings. The largest absolute Gasteiger partial charge is 0.337 e. The average Bonchev–Trinajstić information content (AvgIpc) is 3.26. The Hall–Kier alpha value is -2.81. The van der Waals surface area contributed by atoms with Crippen molar-refractivity contribution in [3.8, 4) is 0 Å². The van der Waals surface area contributed by atoms with Gasteiger partial charge in [-0.1, -0.05) is 0 Å². The first kappa shape index (κ1) is 16.6. The number of aromatic nitrogens is 4. The number of nitrogens with zero attached hydrogens (tertiary/aromatic N) is 7. The topological polar surface area (TPSA) is 87.5 Å². The summed E-state index contributed by atoms with van der Waals surface area (Å²) < 4.78 is 1.69. The SMILES string of the molecule is CN1CC(=O)N(c2cnn(C)c2)C[C@@]12CCN(C(=O)c1ccnnc1)C2. The van der Waals surface area contributed by atoms with Crippen LogP contribution in [0.15, 0.2) is 30.9 Å². The summed E-state index contributed by atoms with van der Waals surface area (Å²) in [6.45, 7) is 2.11. The van der Waals surface area contributed by atoms with Crippen LogP contribution in [-0.4, -0.2) is 80.4 Å². The lowest BCUT2D eigenvalue weighted by molar-refractivity contribution is -0.123. The van der Waals surface area contributed by atoms with Gasteiger partial charge in [-0.25, -0.2) is 0 Å². The van der Waals surface area contributed by atoms with Crippen LogP contribution in [0.4, 0.5) is 5.69 Å². The molecule has 2 aromatic heterocycles. The van der Waals surface area contributed by atoms with Gasteiger partial charge in [-0.3, -0.25) is 19.2 Å². The van der Waals surface area contributed by atoms with E-state index in [-0.39, 0.29) is 17.4 Å². The van der Waals surface area contributed by atoms with Crippen LogP contribution in [0.1, 0.15) is 16.8 Å². The van der Waals surface area contributed by atoms with Crippen LogP contribution in [0.25, 0.3) is 0 Å². The molecule has 1 spiro atoms. The molecule has 2 amide bonds. The minimum atomic E-state index is -0.250. The normalized spacial score (nSPS) is 23.8. The fraction of sp³-hybridized carbons (Fsp3) is 0.471. The molecule has 0 radical (unpaired) electrons. The number of likely N-dealkylation sites (N-methyl/N-ethyl adjacent to an activating group) is 1. The fourth-order valence-electron chi connectivity index (χ4n) is 3.81. The predicted molar refractivity (Wildman–Crippen MR) is 93.5 cm³/mol. The molecule has 26 heavy (non-hydrogen) atoms. The van der Waals surface area contributed by atoms with E-state index in [1.54, 1.807) is 21.8 Å². The number of carbonyl (C=O) groups is 2. The number of hydrogen-bond acceptors (Lipinski definition) is 6. The number of aryl methyl sites for hydroxylation is 1. The van der Waals surface area contributed by atoms with Crippen molar-refractivity contribution in [1.82, 2.24) is 29.8 Å². The lowest BCUT2D eigenvalue weighted by atomic mass is 9.93. The first-order valence-corrected chi connectivity index (χ1v) is 8.55. The van der Waals surface area contributed by atoms with Crippen molar-refractivity contribution in [2.75, 3.05) is 38.1 Å². The van der Waals surface area contributed by atoms with Crippen LogP contribution in [0.5, 0.6) is 0 Å². The summed E-state index contributed by atoms with van der Waals surface area (Å²) in [5, 5.41) is 11.7. The molecule has 2 aliphatic rings. The van der Waals surface area contributed by atoms with E-state index in [1.807, 2.05) is 25.2 Å². The Morgan fingerprint density at radius 3 is 2.73 bits per heavy atom. The smallest absolute Gasteiger partial charge is 0.255 e. The number of rotatable bonds is 2. The van der Waals surface area contributed by atoms with E-state index in [0.717, 1.165) is 12.1 Å². The summed E-state index contributed by atoms with van der Waals surface area (Å²) in [7, 11) is 3.79. The molecule has 4 heterocycles. The van der Waals surface area contributed by atoms with E-state index in [4.69, 9.17) is 0 Å². The molecule has 0 aromatic carbocycles. The van der Waals surface area contributed by atoms with Gasteiger partial charge in [0.25, 0.3) is 5.91 Å². The molecule has 2 fully saturated rings. The number of anilines is 1. The van der Waals surface area contributed by atoms with Crippen molar-refractivity contribution >= 4 is 17.5 Å². The van der Waals surface area contributed by atoms with Gasteiger partial charge in [0.1, 0.15) is 0 Å². The van der Waals surface area contributed by atoms with Crippen LogP contribution >= 0.6 is 0 Å². The second kappa shape index (κ2) is 6.17. The van der Waals surface area contributed by atoms with Crippen LogP contribution in [0.2, 0.25) is 0 Å². The van der Waals surface area contributed by atoms with Crippen LogP contribution in [-0.2, 0) is 11.8 Å². The molecule has 9 nitrogen and oxygen atoms in total. The Bertz CT molecular complexity index is 837. The quantitative estimate of drug-likeness (QED) is 0.740. The number of amides is 2. The van der Waals surface area contributed by atoms with Gasteiger partial charge in [0, 0.05) is 32.9 Å². The molecule has 136 valence electrons. The van der Waals surface area contributed by atoms with Crippen LogP contribution < -0.4 is 4.90 Å². The third-order valence-corrected chi connectivity index (χ3v) is 5.39. The lowest BCUT2D eigenvalue weighted by Gasteiger charge is -2.46. The predicted octanol–water partition coefficient (Wildman–Crippen LogP) is -0.227. The van der Waals surface area contributed by atoms with Gasteiger partial charge in [-0.15, -0.1) is 0 Å². The zero-order valence-corrected chi connectivity index (χ0v) is 14.9. The van der Waals surface area contributed by atoms with Gasteiger partial charge in [0.05, 0.1) is 41.9 Å². The highest BCUT2D eigenvalue weighted by Crippen LogP contribution is 2.33. The molecule has 9 heteroatoms. The highest BCUT2D eigenvalue weighted by atomic mass is 16.2. The Labute approximate surface area is 151 Å². The van der Waals surface area contributed by atoms with Crippen molar-refractivity contribution in [3.63, 3.8) is 0 Å². The van der Waals surface area contributed by atoms with Crippen LogP contribution in [0, 0.1) is 0 Å². The number of carbonyl (C=O) groups excluding carboxylic acids is 2. The first-order valence-electron chi connectivity index (χ1n) is 8.55. The zero-order valence-electron chi connectivity index (χ0n) is 14.9. The minimum Gasteiger partial charge on any atom is -0.337 e. The van der Waals surface area contributed by atoms with E-state index in [1.165, 1.54) is 12.4 Å². The zero-order chi connectivity index (χ0) is 18.3. The number of likely N-dealkylation sites (tertiary alicyclic amines) is 1. The van der Waals surface area contributed by atoms with Gasteiger partial charge in [0.2, 0.25) is 5.91 Å². The van der Waals surface area contributed by atoms with E-state index in [0.29, 0.717) is 31.7 Å². The molecule has 0 aliphatic carbocycles. The monoisotopic (exact) mass is 355 g/mol. The van der Waals surface area contributed by atoms with Crippen molar-refractivity contribution in [3.05, 3.63) is 36.4 Å². The summed E-state index contributed by atoms with van der Waals surface area (Å²) in [5.74, 6) is 0.00392. The molecule has 2 aliphatic heterocycles. The first-order chi connectivity index (χ1) is 12.5. The third kappa shape index (κ3) is 2.74. The molecule has 0 unspecified atom stereocenters. The summed E-state index contributed by atoms with van der Waals surface area (Å²) in [6.07, 6.45) is 7.38. The maximum Gasteiger partial charge on any atom is 0.255 e. The maximum atomic E-state index is 12.7. The van der Waals surface area contributed by atoms with Crippen molar-refractivity contribution < 1.29 is 9.59 Å². The highest BCUT2D eigenvalue weighted by Gasteiger charge is 2.48. The maximum absolute atomic E-state index is 12.7. The van der Waals surface area contributed by atoms with E-state index >= 15 is 0 Å². The van der Waals surface area contributed by atoms with Gasteiger partial charge >= 0.3 is 0 Å². The van der Waals surface area contributed by atoms with Gasteiger partial charge < -0.3 is 9.80 Å². The van der Waals surface area contributed by atoms with E-state index in [2.05, 4.69) is 20.2 Å². The summed E-state index contributed by atoms with van der Waals surface area (Å²) in [4.78, 5) is 31.0. The van der Waals surface area contributed by atoms with Gasteiger partial charge in [-0.2, -0.15) is 15.3 Å². The second-order valence-corrected chi connectivity index (χ2v) is 7.04. The van der Waals surface area contributed by atoms with E-state index in [9.17, 15) is 9.59 Å². The standard InChI is InChI=1S/C17H21N7O2/c1-21-10-15(25)24(14-8-20-22(2)9-14)12-17(21)4-6-23(11-17)16(26)13-3-5-18-19-7-13/h3,5,7-9H,4,6,10-12H2,1-2H3/t17-/m0/s1. The molecule has 1 atom stereocenters. The second-order valence-electron chi connectivity index (χ2n) is 7.04. The molecule has 2 saturated heterocycles. The van der Waals surface area contributed by atoms with Crippen LogP contribution in [0.3, 0.4) is 0 Å². The van der Waals surface area contributed by atoms with Crippen molar-refractivity contribution in [2.45, 2.75) is 12.0 Å². The van der Waals surface area contributed by atoms with Crippen molar-refractivity contribution in [2.24, 2.45) is 7.05 Å². The minimum absolute atomic E-state index is 0.0463. The Kier molecular flexibility index (Phi) is 3.95. The molecule has 0 N–H and O–H groups in total. The number of hydrogen-bond donors (Lipinski definition) is 0. The molecular formula is C17H21N7O2. The fourth-order valence-corrected chi connectivity index (χ4v) is 3.81. The Morgan fingerprint density at radius 2 is 2.04 bits per heavy atom. The summed E-state index contributed by atoms with van der Waals surface area (Å²) >= 11 is 0. The third-order valence-electron chi connectivity index (χ3n) is 5.39. The van der Waals surface area contributed by atoms with Gasteiger partial charge in [0.15, 0.2) is 0 Å². The van der Waals surface area contributed by atoms with E-state index < -0.39 is 0 Å². The number of piperazine rings is 1. The average molecular weight is 355 g/mol. The van der Waals surface area contributed by atoms with Gasteiger partial charge in [-0.05, 0) is 19.5 Å².